The minimum atomic E-state index is -0.118. The standard InChI is InChI=1S/C24H28N2O/c1-23(2,3)20-13-17-19(26-20)11-10-16(22(17)27)14-24(4,5)21-12-15-8-6-7-9-18(15)25-21/h6-13,25-27H,14H2,1-5H3. The van der Waals surface area contributed by atoms with E-state index in [-0.39, 0.29) is 10.8 Å². The van der Waals surface area contributed by atoms with E-state index < -0.39 is 0 Å². The van der Waals surface area contributed by atoms with Gasteiger partial charge in [-0.25, -0.2) is 0 Å². The van der Waals surface area contributed by atoms with Crippen LogP contribution in [-0.4, -0.2) is 15.1 Å². The maximum Gasteiger partial charge on any atom is 0.128 e. The zero-order chi connectivity index (χ0) is 19.4. The molecule has 4 aromatic rings. The normalized spacial score (nSPS) is 12.9. The van der Waals surface area contributed by atoms with Gasteiger partial charge >= 0.3 is 0 Å². The number of aromatic hydroxyl groups is 1. The highest BCUT2D eigenvalue weighted by Gasteiger charge is 2.26. The molecule has 0 atom stereocenters. The van der Waals surface area contributed by atoms with Crippen LogP contribution in [0.2, 0.25) is 0 Å². The number of phenols is 1. The molecule has 0 saturated carbocycles. The molecule has 27 heavy (non-hydrogen) atoms. The van der Waals surface area contributed by atoms with Gasteiger partial charge < -0.3 is 15.1 Å². The lowest BCUT2D eigenvalue weighted by atomic mass is 9.82. The maximum atomic E-state index is 10.9. The molecule has 0 radical (unpaired) electrons. The number of aromatic amines is 2. The highest BCUT2D eigenvalue weighted by Crippen LogP contribution is 2.37. The first-order valence-electron chi connectivity index (χ1n) is 9.57. The Labute approximate surface area is 160 Å². The first-order chi connectivity index (χ1) is 12.6. The largest absolute Gasteiger partial charge is 0.507 e. The quantitative estimate of drug-likeness (QED) is 0.402. The maximum absolute atomic E-state index is 10.9. The van der Waals surface area contributed by atoms with Gasteiger partial charge in [-0.1, -0.05) is 58.9 Å². The molecule has 3 N–H and O–H groups in total. The summed E-state index contributed by atoms with van der Waals surface area (Å²) in [6.07, 6.45) is 0.762. The zero-order valence-electron chi connectivity index (χ0n) is 16.8. The van der Waals surface area contributed by atoms with Crippen molar-refractivity contribution in [3.8, 4) is 5.75 Å². The molecule has 3 nitrogen and oxygen atoms in total. The summed E-state index contributed by atoms with van der Waals surface area (Å²) in [5.74, 6) is 0.392. The van der Waals surface area contributed by atoms with Gasteiger partial charge in [0.05, 0.1) is 0 Å². The van der Waals surface area contributed by atoms with E-state index in [0.29, 0.717) is 5.75 Å². The van der Waals surface area contributed by atoms with Crippen LogP contribution in [0.4, 0.5) is 0 Å². The van der Waals surface area contributed by atoms with Gasteiger partial charge in [-0.15, -0.1) is 0 Å². The number of aromatic nitrogens is 2. The van der Waals surface area contributed by atoms with Gasteiger partial charge in [-0.2, -0.15) is 0 Å². The molecule has 2 heterocycles. The Morgan fingerprint density at radius 3 is 2.22 bits per heavy atom. The number of phenolic OH excluding ortho intramolecular Hbond substituents is 1. The van der Waals surface area contributed by atoms with Crippen LogP contribution in [0.3, 0.4) is 0 Å². The highest BCUT2D eigenvalue weighted by molar-refractivity contribution is 5.88. The second kappa shape index (κ2) is 5.91. The van der Waals surface area contributed by atoms with Crippen molar-refractivity contribution in [2.24, 2.45) is 0 Å². The van der Waals surface area contributed by atoms with Crippen LogP contribution in [0, 0.1) is 0 Å². The number of fused-ring (bicyclic) bond motifs is 2. The fourth-order valence-electron chi connectivity index (χ4n) is 3.79. The second-order valence-corrected chi connectivity index (χ2v) is 9.30. The number of rotatable bonds is 3. The Bertz CT molecular complexity index is 1090. The third-order valence-electron chi connectivity index (χ3n) is 5.56. The van der Waals surface area contributed by atoms with Crippen molar-refractivity contribution < 1.29 is 5.11 Å². The third kappa shape index (κ3) is 3.12. The minimum absolute atomic E-state index is 0.0231. The number of H-pyrrole nitrogens is 2. The lowest BCUT2D eigenvalue weighted by molar-refractivity contribution is 0.453. The molecule has 0 amide bonds. The smallest absolute Gasteiger partial charge is 0.128 e. The molecule has 0 unspecified atom stereocenters. The summed E-state index contributed by atoms with van der Waals surface area (Å²) < 4.78 is 0. The summed E-state index contributed by atoms with van der Waals surface area (Å²) in [5, 5.41) is 13.1. The highest BCUT2D eigenvalue weighted by atomic mass is 16.3. The van der Waals surface area contributed by atoms with E-state index in [1.807, 2.05) is 12.1 Å². The van der Waals surface area contributed by atoms with Crippen molar-refractivity contribution in [3.05, 3.63) is 65.5 Å². The van der Waals surface area contributed by atoms with Crippen LogP contribution >= 0.6 is 0 Å². The molecule has 2 aromatic heterocycles. The summed E-state index contributed by atoms with van der Waals surface area (Å²) in [7, 11) is 0. The lowest BCUT2D eigenvalue weighted by Gasteiger charge is -2.24. The van der Waals surface area contributed by atoms with E-state index in [2.05, 4.69) is 81.0 Å². The van der Waals surface area contributed by atoms with Crippen LogP contribution in [0.25, 0.3) is 21.8 Å². The van der Waals surface area contributed by atoms with Crippen molar-refractivity contribution in [3.63, 3.8) is 0 Å². The molecule has 2 aromatic carbocycles. The Kier molecular flexibility index (Phi) is 3.88. The zero-order valence-corrected chi connectivity index (χ0v) is 16.8. The average molecular weight is 361 g/mol. The van der Waals surface area contributed by atoms with Gasteiger partial charge in [0.2, 0.25) is 0 Å². The predicted octanol–water partition coefficient (Wildman–Crippen LogP) is 6.17. The lowest BCUT2D eigenvalue weighted by Crippen LogP contribution is -2.21. The molecule has 0 aliphatic heterocycles. The molecule has 0 fully saturated rings. The summed E-state index contributed by atoms with van der Waals surface area (Å²) in [4.78, 5) is 7.00. The van der Waals surface area contributed by atoms with Crippen molar-refractivity contribution in [1.29, 1.82) is 0 Å². The van der Waals surface area contributed by atoms with Crippen LogP contribution in [0.15, 0.2) is 48.5 Å². The van der Waals surface area contributed by atoms with Gasteiger partial charge in [0.1, 0.15) is 5.75 Å². The molecular weight excluding hydrogens is 332 g/mol. The summed E-state index contributed by atoms with van der Waals surface area (Å²) in [6, 6.07) is 16.8. The van der Waals surface area contributed by atoms with E-state index in [4.69, 9.17) is 0 Å². The van der Waals surface area contributed by atoms with Crippen molar-refractivity contribution in [1.82, 2.24) is 9.97 Å². The van der Waals surface area contributed by atoms with Crippen LogP contribution in [0.1, 0.15) is 51.6 Å². The van der Waals surface area contributed by atoms with E-state index >= 15 is 0 Å². The van der Waals surface area contributed by atoms with Crippen molar-refractivity contribution in [2.45, 2.75) is 51.9 Å². The number of para-hydroxylation sites is 1. The Morgan fingerprint density at radius 1 is 0.815 bits per heavy atom. The molecule has 0 aliphatic carbocycles. The number of benzene rings is 2. The van der Waals surface area contributed by atoms with Gasteiger partial charge in [-0.05, 0) is 41.6 Å². The Balaban J connectivity index is 1.72. The molecule has 4 rings (SSSR count). The van der Waals surface area contributed by atoms with Crippen molar-refractivity contribution >= 4 is 21.8 Å². The predicted molar refractivity (Wildman–Crippen MR) is 114 cm³/mol. The second-order valence-electron chi connectivity index (χ2n) is 9.30. The molecule has 0 bridgehead atoms. The molecule has 0 spiro atoms. The van der Waals surface area contributed by atoms with E-state index in [0.717, 1.165) is 34.1 Å². The summed E-state index contributed by atoms with van der Waals surface area (Å²) in [5.41, 5.74) is 5.35. The van der Waals surface area contributed by atoms with Crippen LogP contribution in [-0.2, 0) is 17.3 Å². The van der Waals surface area contributed by atoms with Crippen LogP contribution < -0.4 is 0 Å². The summed E-state index contributed by atoms with van der Waals surface area (Å²) >= 11 is 0. The average Bonchev–Trinajstić information content (AvgIpc) is 3.21. The van der Waals surface area contributed by atoms with E-state index in [9.17, 15) is 5.11 Å². The van der Waals surface area contributed by atoms with Gasteiger partial charge in [-0.3, -0.25) is 0 Å². The fraction of sp³-hybridized carbons (Fsp3) is 0.333. The molecule has 140 valence electrons. The monoisotopic (exact) mass is 360 g/mol. The van der Waals surface area contributed by atoms with Crippen molar-refractivity contribution in [2.75, 3.05) is 0 Å². The number of hydrogen-bond acceptors (Lipinski definition) is 1. The molecule has 0 aliphatic rings. The first kappa shape index (κ1) is 17.7. The fourth-order valence-corrected chi connectivity index (χ4v) is 3.79. The topological polar surface area (TPSA) is 51.8 Å². The minimum Gasteiger partial charge on any atom is -0.507 e. The Hall–Kier alpha value is -2.68. The van der Waals surface area contributed by atoms with Gasteiger partial charge in [0.25, 0.3) is 0 Å². The third-order valence-corrected chi connectivity index (χ3v) is 5.56. The Morgan fingerprint density at radius 2 is 1.52 bits per heavy atom. The number of nitrogens with one attached hydrogen (secondary N) is 2. The van der Waals surface area contributed by atoms with E-state index in [1.165, 1.54) is 11.1 Å². The van der Waals surface area contributed by atoms with Gasteiger partial charge in [0, 0.05) is 38.6 Å². The van der Waals surface area contributed by atoms with E-state index in [1.54, 1.807) is 0 Å². The first-order valence-corrected chi connectivity index (χ1v) is 9.57. The molecular formula is C24H28N2O. The summed E-state index contributed by atoms with van der Waals surface area (Å²) in [6.45, 7) is 11.0. The SMILES string of the molecule is CC(C)(C)c1cc2c(O)c(CC(C)(C)c3cc4ccccc4[nH]3)ccc2[nH]1. The van der Waals surface area contributed by atoms with Gasteiger partial charge in [0.15, 0.2) is 0 Å². The number of hydrogen-bond donors (Lipinski definition) is 3. The molecule has 3 heteroatoms. The van der Waals surface area contributed by atoms with Crippen LogP contribution in [0.5, 0.6) is 5.75 Å². The molecule has 0 saturated heterocycles.